The summed E-state index contributed by atoms with van der Waals surface area (Å²) in [6.45, 7) is 4.35. The van der Waals surface area contributed by atoms with Crippen molar-refractivity contribution in [3.63, 3.8) is 0 Å². The normalized spacial score (nSPS) is 28.4. The fraction of sp³-hybridized carbons (Fsp3) is 0.889. The number of carbonyl (C=O) groups excluding carboxylic acids is 1. The van der Waals surface area contributed by atoms with E-state index in [9.17, 15) is 15.0 Å². The number of esters is 1. The number of aliphatic hydroxyl groups excluding tert-OH is 2. The highest BCUT2D eigenvalue weighted by Gasteiger charge is 2.30. The number of likely N-dealkylation sites (tertiary alicyclic amines) is 1. The molecule has 0 radical (unpaired) electrons. The average molecular weight is 203 g/mol. The monoisotopic (exact) mass is 203 g/mol. The second-order valence-corrected chi connectivity index (χ2v) is 3.87. The first kappa shape index (κ1) is 11.4. The topological polar surface area (TPSA) is 70.0 Å². The summed E-state index contributed by atoms with van der Waals surface area (Å²) in [4.78, 5) is 12.9. The largest absolute Gasteiger partial charge is 0.462 e. The molecule has 0 amide bonds. The molecule has 1 aliphatic heterocycles. The van der Waals surface area contributed by atoms with Gasteiger partial charge in [-0.15, -0.1) is 0 Å². The van der Waals surface area contributed by atoms with Gasteiger partial charge in [-0.25, -0.2) is 0 Å². The number of aliphatic hydroxyl groups is 2. The van der Waals surface area contributed by atoms with Gasteiger partial charge in [0.25, 0.3) is 0 Å². The van der Waals surface area contributed by atoms with E-state index < -0.39 is 12.2 Å². The molecule has 1 rings (SSSR count). The quantitative estimate of drug-likeness (QED) is 0.574. The fourth-order valence-electron chi connectivity index (χ4n) is 1.46. The van der Waals surface area contributed by atoms with Crippen LogP contribution in [-0.2, 0) is 9.53 Å². The molecular weight excluding hydrogens is 186 g/mol. The van der Waals surface area contributed by atoms with E-state index in [4.69, 9.17) is 4.74 Å². The van der Waals surface area contributed by atoms with E-state index in [1.807, 2.05) is 0 Å². The van der Waals surface area contributed by atoms with Gasteiger partial charge in [0.2, 0.25) is 0 Å². The van der Waals surface area contributed by atoms with Gasteiger partial charge in [-0.05, 0) is 13.8 Å². The van der Waals surface area contributed by atoms with Crippen molar-refractivity contribution in [1.82, 2.24) is 4.90 Å². The molecule has 2 N–H and O–H groups in total. The highest BCUT2D eigenvalue weighted by molar-refractivity contribution is 5.71. The standard InChI is InChI=1S/C9H17NO4/c1-6(2)14-9(13)5-10-3-7(11)8(12)4-10/h6-8,11-12H,3-5H2,1-2H3/t7-,8+. The maximum Gasteiger partial charge on any atom is 0.320 e. The summed E-state index contributed by atoms with van der Waals surface area (Å²) >= 11 is 0. The smallest absolute Gasteiger partial charge is 0.320 e. The molecule has 1 aliphatic rings. The SMILES string of the molecule is CC(C)OC(=O)CN1C[C@@H](O)[C@@H](O)C1. The molecule has 5 heteroatoms. The Morgan fingerprint density at radius 1 is 1.43 bits per heavy atom. The Morgan fingerprint density at radius 2 is 1.93 bits per heavy atom. The maximum absolute atomic E-state index is 11.2. The average Bonchev–Trinajstić information content (AvgIpc) is 2.28. The summed E-state index contributed by atoms with van der Waals surface area (Å²) in [7, 11) is 0. The van der Waals surface area contributed by atoms with Gasteiger partial charge in [0.1, 0.15) is 0 Å². The molecule has 1 saturated heterocycles. The van der Waals surface area contributed by atoms with Crippen LogP contribution in [0.25, 0.3) is 0 Å². The van der Waals surface area contributed by atoms with E-state index >= 15 is 0 Å². The van der Waals surface area contributed by atoms with Crippen molar-refractivity contribution in [2.75, 3.05) is 19.6 Å². The summed E-state index contributed by atoms with van der Waals surface area (Å²) in [5.41, 5.74) is 0. The minimum Gasteiger partial charge on any atom is -0.462 e. The van der Waals surface area contributed by atoms with Crippen LogP contribution in [0.15, 0.2) is 0 Å². The van der Waals surface area contributed by atoms with Gasteiger partial charge in [-0.1, -0.05) is 0 Å². The van der Waals surface area contributed by atoms with Crippen LogP contribution in [0.5, 0.6) is 0 Å². The van der Waals surface area contributed by atoms with Crippen LogP contribution in [0.2, 0.25) is 0 Å². The predicted molar refractivity (Wildman–Crippen MR) is 49.7 cm³/mol. The van der Waals surface area contributed by atoms with Crippen molar-refractivity contribution in [3.05, 3.63) is 0 Å². The first-order valence-electron chi connectivity index (χ1n) is 4.77. The van der Waals surface area contributed by atoms with Crippen LogP contribution < -0.4 is 0 Å². The van der Waals surface area contributed by atoms with Gasteiger partial charge in [-0.3, -0.25) is 9.69 Å². The number of rotatable bonds is 3. The number of ether oxygens (including phenoxy) is 1. The number of hydrogen-bond donors (Lipinski definition) is 2. The summed E-state index contributed by atoms with van der Waals surface area (Å²) in [6, 6.07) is 0. The van der Waals surface area contributed by atoms with Crippen LogP contribution >= 0.6 is 0 Å². The highest BCUT2D eigenvalue weighted by Crippen LogP contribution is 2.09. The lowest BCUT2D eigenvalue weighted by molar-refractivity contribution is -0.148. The molecule has 0 spiro atoms. The third-order valence-corrected chi connectivity index (χ3v) is 2.05. The van der Waals surface area contributed by atoms with E-state index in [-0.39, 0.29) is 18.6 Å². The zero-order valence-corrected chi connectivity index (χ0v) is 8.51. The van der Waals surface area contributed by atoms with E-state index in [2.05, 4.69) is 0 Å². The molecule has 2 atom stereocenters. The van der Waals surface area contributed by atoms with Crippen LogP contribution in [0.4, 0.5) is 0 Å². The molecule has 5 nitrogen and oxygen atoms in total. The summed E-state index contributed by atoms with van der Waals surface area (Å²) < 4.78 is 4.94. The zero-order chi connectivity index (χ0) is 10.7. The Balaban J connectivity index is 2.28. The maximum atomic E-state index is 11.2. The Morgan fingerprint density at radius 3 is 2.36 bits per heavy atom. The van der Waals surface area contributed by atoms with Crippen LogP contribution in [0, 0.1) is 0 Å². The third-order valence-electron chi connectivity index (χ3n) is 2.05. The van der Waals surface area contributed by atoms with Gasteiger partial charge in [-0.2, -0.15) is 0 Å². The molecule has 0 aromatic rings. The lowest BCUT2D eigenvalue weighted by Crippen LogP contribution is -2.31. The number of carbonyl (C=O) groups is 1. The molecule has 0 aromatic carbocycles. The minimum absolute atomic E-state index is 0.125. The van der Waals surface area contributed by atoms with Gasteiger partial charge >= 0.3 is 5.97 Å². The summed E-state index contributed by atoms with van der Waals surface area (Å²) in [6.07, 6.45) is -1.62. The molecule has 0 bridgehead atoms. The molecule has 0 unspecified atom stereocenters. The van der Waals surface area contributed by atoms with Crippen molar-refractivity contribution in [3.8, 4) is 0 Å². The van der Waals surface area contributed by atoms with E-state index in [0.717, 1.165) is 0 Å². The van der Waals surface area contributed by atoms with Crippen LogP contribution in [-0.4, -0.2) is 59.0 Å². The first-order chi connectivity index (χ1) is 6.49. The molecule has 0 aliphatic carbocycles. The van der Waals surface area contributed by atoms with E-state index in [0.29, 0.717) is 13.1 Å². The molecule has 1 heterocycles. The Bertz CT molecular complexity index is 197. The number of β-amino-alcohol motifs (C(OH)–C–C–N with tert-alkyl or cyclic N) is 2. The number of nitrogens with zero attached hydrogens (tertiary/aromatic N) is 1. The lowest BCUT2D eigenvalue weighted by Gasteiger charge is -2.14. The molecule has 0 saturated carbocycles. The molecule has 0 aromatic heterocycles. The second-order valence-electron chi connectivity index (χ2n) is 3.87. The van der Waals surface area contributed by atoms with Crippen molar-refractivity contribution >= 4 is 5.97 Å². The molecular formula is C9H17NO4. The first-order valence-corrected chi connectivity index (χ1v) is 4.77. The molecule has 14 heavy (non-hydrogen) atoms. The molecule has 1 fully saturated rings. The summed E-state index contributed by atoms with van der Waals surface area (Å²) in [5.74, 6) is -0.318. The summed E-state index contributed by atoms with van der Waals surface area (Å²) in [5, 5.41) is 18.4. The second kappa shape index (κ2) is 4.72. The van der Waals surface area contributed by atoms with Crippen molar-refractivity contribution in [2.45, 2.75) is 32.2 Å². The Kier molecular flexibility index (Phi) is 3.86. The van der Waals surface area contributed by atoms with Crippen molar-refractivity contribution in [1.29, 1.82) is 0 Å². The van der Waals surface area contributed by atoms with E-state index in [1.54, 1.807) is 18.7 Å². The van der Waals surface area contributed by atoms with Gasteiger partial charge in [0, 0.05) is 13.1 Å². The highest BCUT2D eigenvalue weighted by atomic mass is 16.5. The van der Waals surface area contributed by atoms with Gasteiger partial charge in [0.15, 0.2) is 0 Å². The minimum atomic E-state index is -0.748. The number of hydrogen-bond acceptors (Lipinski definition) is 5. The van der Waals surface area contributed by atoms with Crippen LogP contribution in [0.1, 0.15) is 13.8 Å². The lowest BCUT2D eigenvalue weighted by atomic mass is 10.3. The Labute approximate surface area is 83.3 Å². The van der Waals surface area contributed by atoms with Gasteiger partial charge in [0.05, 0.1) is 24.9 Å². The van der Waals surface area contributed by atoms with Crippen LogP contribution in [0.3, 0.4) is 0 Å². The third kappa shape index (κ3) is 3.25. The Hall–Kier alpha value is -0.650. The van der Waals surface area contributed by atoms with Crippen molar-refractivity contribution < 1.29 is 19.7 Å². The van der Waals surface area contributed by atoms with Crippen molar-refractivity contribution in [2.24, 2.45) is 0 Å². The molecule has 82 valence electrons. The van der Waals surface area contributed by atoms with E-state index in [1.165, 1.54) is 0 Å². The van der Waals surface area contributed by atoms with Gasteiger partial charge < -0.3 is 14.9 Å². The predicted octanol–water partition coefficient (Wildman–Crippen LogP) is -1.02. The zero-order valence-electron chi connectivity index (χ0n) is 8.51. The fourth-order valence-corrected chi connectivity index (χ4v) is 1.46.